The zero-order chi connectivity index (χ0) is 13.9. The van der Waals surface area contributed by atoms with Crippen LogP contribution in [0.5, 0.6) is 0 Å². The zero-order valence-corrected chi connectivity index (χ0v) is 10.9. The number of nitrogens with zero attached hydrogens (tertiary/aromatic N) is 4. The van der Waals surface area contributed by atoms with Crippen LogP contribution in [0, 0.1) is 10.1 Å². The molecule has 7 heteroatoms. The highest BCUT2D eigenvalue weighted by Crippen LogP contribution is 2.30. The lowest BCUT2D eigenvalue weighted by Crippen LogP contribution is -2.15. The molecule has 7 nitrogen and oxygen atoms in total. The molecular formula is C13H15N5O2. The van der Waals surface area contributed by atoms with Crippen LogP contribution in [0.25, 0.3) is 5.69 Å². The van der Waals surface area contributed by atoms with Gasteiger partial charge in [-0.05, 0) is 25.0 Å². The Morgan fingerprint density at radius 1 is 1.25 bits per heavy atom. The zero-order valence-electron chi connectivity index (χ0n) is 10.9. The summed E-state index contributed by atoms with van der Waals surface area (Å²) in [6.45, 7) is 0. The van der Waals surface area contributed by atoms with Crippen molar-refractivity contribution in [2.45, 2.75) is 31.7 Å². The fraction of sp³-hybridized carbons (Fsp3) is 0.385. The molecule has 2 aromatic rings. The molecule has 1 aliphatic rings. The molecule has 0 atom stereocenters. The summed E-state index contributed by atoms with van der Waals surface area (Å²) in [6.07, 6.45) is 7.55. The quantitative estimate of drug-likeness (QED) is 0.683. The molecule has 1 aliphatic carbocycles. The normalized spacial score (nSPS) is 15.4. The van der Waals surface area contributed by atoms with Gasteiger partial charge < -0.3 is 5.32 Å². The number of aromatic nitrogens is 3. The van der Waals surface area contributed by atoms with Crippen molar-refractivity contribution in [3.8, 4) is 5.69 Å². The van der Waals surface area contributed by atoms with Gasteiger partial charge in [-0.1, -0.05) is 12.8 Å². The van der Waals surface area contributed by atoms with Gasteiger partial charge in [-0.25, -0.2) is 0 Å². The lowest BCUT2D eigenvalue weighted by Gasteiger charge is -2.14. The molecule has 1 saturated carbocycles. The minimum atomic E-state index is -0.356. The molecule has 1 N–H and O–H groups in total. The Morgan fingerprint density at radius 3 is 2.60 bits per heavy atom. The molecule has 0 bridgehead atoms. The summed E-state index contributed by atoms with van der Waals surface area (Å²) in [4.78, 5) is 10.9. The highest BCUT2D eigenvalue weighted by molar-refractivity contribution is 5.65. The first kappa shape index (κ1) is 12.6. The third-order valence-corrected chi connectivity index (χ3v) is 3.61. The number of rotatable bonds is 4. The molecule has 0 saturated heterocycles. The van der Waals surface area contributed by atoms with Crippen molar-refractivity contribution in [3.63, 3.8) is 0 Å². The minimum absolute atomic E-state index is 0.0862. The second-order valence-corrected chi connectivity index (χ2v) is 4.95. The van der Waals surface area contributed by atoms with E-state index in [1.807, 2.05) is 6.07 Å². The van der Waals surface area contributed by atoms with Crippen LogP contribution in [0.1, 0.15) is 25.7 Å². The maximum atomic E-state index is 11.2. The number of benzene rings is 1. The maximum Gasteiger partial charge on any atom is 0.294 e. The van der Waals surface area contributed by atoms with Gasteiger partial charge in [0.25, 0.3) is 5.69 Å². The molecule has 1 aromatic heterocycles. The summed E-state index contributed by atoms with van der Waals surface area (Å²) in [7, 11) is 0. The molecule has 1 aromatic carbocycles. The van der Waals surface area contributed by atoms with Gasteiger partial charge in [-0.3, -0.25) is 14.7 Å². The molecule has 1 heterocycles. The smallest absolute Gasteiger partial charge is 0.294 e. The lowest BCUT2D eigenvalue weighted by atomic mass is 10.2. The van der Waals surface area contributed by atoms with E-state index in [-0.39, 0.29) is 10.6 Å². The van der Waals surface area contributed by atoms with Crippen molar-refractivity contribution < 1.29 is 4.92 Å². The molecule has 0 spiro atoms. The molecule has 104 valence electrons. The van der Waals surface area contributed by atoms with Crippen molar-refractivity contribution in [3.05, 3.63) is 41.0 Å². The Kier molecular flexibility index (Phi) is 3.32. The molecular weight excluding hydrogens is 258 g/mol. The molecule has 3 rings (SSSR count). The van der Waals surface area contributed by atoms with Crippen LogP contribution in [0.3, 0.4) is 0 Å². The van der Waals surface area contributed by atoms with E-state index in [1.165, 1.54) is 25.5 Å². The largest absolute Gasteiger partial charge is 0.377 e. The van der Waals surface area contributed by atoms with E-state index in [0.29, 0.717) is 17.4 Å². The topological polar surface area (TPSA) is 85.9 Å². The molecule has 0 amide bonds. The van der Waals surface area contributed by atoms with Crippen molar-refractivity contribution in [2.75, 3.05) is 5.32 Å². The Hall–Kier alpha value is -2.44. The number of nitro benzene ring substituents is 1. The van der Waals surface area contributed by atoms with Gasteiger partial charge in [0.2, 0.25) is 0 Å². The van der Waals surface area contributed by atoms with Crippen LogP contribution in [0.2, 0.25) is 0 Å². The summed E-state index contributed by atoms with van der Waals surface area (Å²) in [6, 6.07) is 5.47. The molecule has 0 radical (unpaired) electrons. The Labute approximate surface area is 115 Å². The van der Waals surface area contributed by atoms with Gasteiger partial charge in [0.05, 0.1) is 10.6 Å². The van der Waals surface area contributed by atoms with E-state index in [9.17, 15) is 10.1 Å². The van der Waals surface area contributed by atoms with Crippen LogP contribution >= 0.6 is 0 Å². The van der Waals surface area contributed by atoms with Crippen LogP contribution in [-0.2, 0) is 0 Å². The molecule has 0 aliphatic heterocycles. The highest BCUT2D eigenvalue weighted by Gasteiger charge is 2.20. The number of nitro groups is 1. The van der Waals surface area contributed by atoms with Gasteiger partial charge in [0, 0.05) is 12.1 Å². The summed E-state index contributed by atoms with van der Waals surface area (Å²) in [5.74, 6) is 0. The van der Waals surface area contributed by atoms with E-state index in [0.717, 1.165) is 12.8 Å². The number of hydrogen-bond donors (Lipinski definition) is 1. The maximum absolute atomic E-state index is 11.2. The van der Waals surface area contributed by atoms with Crippen molar-refractivity contribution >= 4 is 11.4 Å². The number of nitrogens with one attached hydrogen (secondary N) is 1. The van der Waals surface area contributed by atoms with E-state index in [2.05, 4.69) is 15.5 Å². The average molecular weight is 273 g/mol. The van der Waals surface area contributed by atoms with E-state index >= 15 is 0 Å². The second-order valence-electron chi connectivity index (χ2n) is 4.95. The van der Waals surface area contributed by atoms with Crippen molar-refractivity contribution in [1.82, 2.24) is 14.8 Å². The molecule has 1 fully saturated rings. The van der Waals surface area contributed by atoms with Gasteiger partial charge in [0.15, 0.2) is 0 Å². The fourth-order valence-electron chi connectivity index (χ4n) is 2.58. The van der Waals surface area contributed by atoms with Gasteiger partial charge in [-0.2, -0.15) is 0 Å². The third kappa shape index (κ3) is 2.47. The van der Waals surface area contributed by atoms with Crippen molar-refractivity contribution in [1.29, 1.82) is 0 Å². The number of anilines is 1. The van der Waals surface area contributed by atoms with Crippen LogP contribution < -0.4 is 5.32 Å². The minimum Gasteiger partial charge on any atom is -0.377 e. The first-order valence-corrected chi connectivity index (χ1v) is 6.64. The monoisotopic (exact) mass is 273 g/mol. The predicted octanol–water partition coefficient (Wildman–Crippen LogP) is 2.53. The third-order valence-electron chi connectivity index (χ3n) is 3.61. The van der Waals surface area contributed by atoms with Gasteiger partial charge in [-0.15, -0.1) is 10.2 Å². The first-order chi connectivity index (χ1) is 9.74. The van der Waals surface area contributed by atoms with Gasteiger partial charge in [0.1, 0.15) is 18.3 Å². The van der Waals surface area contributed by atoms with Crippen LogP contribution in [0.4, 0.5) is 11.4 Å². The van der Waals surface area contributed by atoms with Gasteiger partial charge >= 0.3 is 0 Å². The summed E-state index contributed by atoms with van der Waals surface area (Å²) in [5, 5.41) is 21.9. The first-order valence-electron chi connectivity index (χ1n) is 6.64. The lowest BCUT2D eigenvalue weighted by molar-refractivity contribution is -0.384. The Morgan fingerprint density at radius 2 is 1.95 bits per heavy atom. The van der Waals surface area contributed by atoms with E-state index in [4.69, 9.17) is 0 Å². The van der Waals surface area contributed by atoms with E-state index in [1.54, 1.807) is 16.7 Å². The Balaban J connectivity index is 1.91. The van der Waals surface area contributed by atoms with E-state index < -0.39 is 0 Å². The SMILES string of the molecule is O=[N+]([O-])c1cc(-n2cnnc2)ccc1NC1CCCC1. The van der Waals surface area contributed by atoms with Crippen molar-refractivity contribution in [2.24, 2.45) is 0 Å². The summed E-state index contributed by atoms with van der Waals surface area (Å²) < 4.78 is 1.65. The van der Waals surface area contributed by atoms with Crippen LogP contribution in [-0.4, -0.2) is 25.7 Å². The molecule has 0 unspecified atom stereocenters. The second kappa shape index (κ2) is 5.28. The Bertz CT molecular complexity index is 605. The molecule has 20 heavy (non-hydrogen) atoms. The highest BCUT2D eigenvalue weighted by atomic mass is 16.6. The number of hydrogen-bond acceptors (Lipinski definition) is 5. The predicted molar refractivity (Wildman–Crippen MR) is 73.9 cm³/mol. The fourth-order valence-corrected chi connectivity index (χ4v) is 2.58. The summed E-state index contributed by atoms with van der Waals surface area (Å²) >= 11 is 0. The standard InChI is InChI=1S/C13H15N5O2/c19-18(20)13-7-11(17-8-14-15-9-17)5-6-12(13)16-10-3-1-2-4-10/h5-10,16H,1-4H2. The average Bonchev–Trinajstić information content (AvgIpc) is 3.11. The van der Waals surface area contributed by atoms with Crippen LogP contribution in [0.15, 0.2) is 30.9 Å². The summed E-state index contributed by atoms with van der Waals surface area (Å²) in [5.41, 5.74) is 1.35.